The van der Waals surface area contributed by atoms with Crippen molar-refractivity contribution in [1.82, 2.24) is 4.72 Å². The molecule has 2 rings (SSSR count). The Hall–Kier alpha value is -0.980. The van der Waals surface area contributed by atoms with E-state index in [1.165, 1.54) is 12.5 Å². The van der Waals surface area contributed by atoms with Gasteiger partial charge in [-0.2, -0.15) is 0 Å². The molecule has 4 nitrogen and oxygen atoms in total. The third-order valence-corrected chi connectivity index (χ3v) is 5.57. The Bertz CT molecular complexity index is 599. The zero-order chi connectivity index (χ0) is 14.8. The standard InChI is InChI=1S/C14H20N2O2S2/c1-10-5-2-3-8-13(10)16-20(17,18)12-7-4-6-11(9-12)14(15)19/h4,6-7,9-10,13,16H,2-3,5,8H2,1H3,(H2,15,19). The van der Waals surface area contributed by atoms with Crippen LogP contribution in [0.5, 0.6) is 0 Å². The van der Waals surface area contributed by atoms with E-state index in [0.29, 0.717) is 11.5 Å². The van der Waals surface area contributed by atoms with Crippen LogP contribution in [0.3, 0.4) is 0 Å². The number of nitrogens with one attached hydrogen (secondary N) is 1. The third kappa shape index (κ3) is 3.56. The van der Waals surface area contributed by atoms with Crippen molar-refractivity contribution in [3.63, 3.8) is 0 Å². The average molecular weight is 312 g/mol. The molecule has 0 saturated heterocycles. The Kier molecular flexibility index (Phi) is 4.78. The van der Waals surface area contributed by atoms with Crippen LogP contribution >= 0.6 is 12.2 Å². The summed E-state index contributed by atoms with van der Waals surface area (Å²) in [5.41, 5.74) is 6.12. The monoisotopic (exact) mass is 312 g/mol. The SMILES string of the molecule is CC1CCCCC1NS(=O)(=O)c1cccc(C(N)=S)c1. The minimum atomic E-state index is -3.51. The molecule has 1 aromatic carbocycles. The van der Waals surface area contributed by atoms with E-state index in [0.717, 1.165) is 19.3 Å². The zero-order valence-corrected chi connectivity index (χ0v) is 13.1. The van der Waals surface area contributed by atoms with E-state index >= 15 is 0 Å². The summed E-state index contributed by atoms with van der Waals surface area (Å²) in [4.78, 5) is 0.425. The van der Waals surface area contributed by atoms with Crippen LogP contribution in [0.1, 0.15) is 38.2 Å². The fourth-order valence-corrected chi connectivity index (χ4v) is 4.13. The molecule has 1 saturated carbocycles. The molecule has 0 radical (unpaired) electrons. The fourth-order valence-electron chi connectivity index (χ4n) is 2.58. The molecule has 0 aliphatic heterocycles. The summed E-state index contributed by atoms with van der Waals surface area (Å²) < 4.78 is 27.7. The first-order chi connectivity index (χ1) is 9.40. The van der Waals surface area contributed by atoms with E-state index in [1.54, 1.807) is 18.2 Å². The van der Waals surface area contributed by atoms with Crippen molar-refractivity contribution in [2.24, 2.45) is 11.7 Å². The van der Waals surface area contributed by atoms with Crippen LogP contribution < -0.4 is 10.5 Å². The van der Waals surface area contributed by atoms with Crippen molar-refractivity contribution in [1.29, 1.82) is 0 Å². The highest BCUT2D eigenvalue weighted by molar-refractivity contribution is 7.89. The highest BCUT2D eigenvalue weighted by atomic mass is 32.2. The number of benzene rings is 1. The Morgan fingerprint density at radius 1 is 1.35 bits per heavy atom. The molecule has 0 bridgehead atoms. The lowest BCUT2D eigenvalue weighted by Gasteiger charge is -2.29. The lowest BCUT2D eigenvalue weighted by Crippen LogP contribution is -2.41. The third-order valence-electron chi connectivity index (χ3n) is 3.85. The molecule has 2 atom stereocenters. The van der Waals surface area contributed by atoms with Gasteiger partial charge in [0.15, 0.2) is 0 Å². The van der Waals surface area contributed by atoms with Crippen LogP contribution in [0.15, 0.2) is 29.2 Å². The molecule has 0 aromatic heterocycles. The average Bonchev–Trinajstić information content (AvgIpc) is 2.41. The van der Waals surface area contributed by atoms with Gasteiger partial charge in [0.25, 0.3) is 0 Å². The molecule has 3 N–H and O–H groups in total. The molecule has 6 heteroatoms. The molecule has 0 amide bonds. The van der Waals surface area contributed by atoms with Gasteiger partial charge in [0.1, 0.15) is 4.99 Å². The second kappa shape index (κ2) is 6.20. The Morgan fingerprint density at radius 3 is 2.70 bits per heavy atom. The number of rotatable bonds is 4. The van der Waals surface area contributed by atoms with Crippen molar-refractivity contribution < 1.29 is 8.42 Å². The molecular formula is C14H20N2O2S2. The molecule has 110 valence electrons. The topological polar surface area (TPSA) is 72.2 Å². The van der Waals surface area contributed by atoms with Gasteiger partial charge >= 0.3 is 0 Å². The van der Waals surface area contributed by atoms with Crippen LogP contribution in [0.2, 0.25) is 0 Å². The summed E-state index contributed by atoms with van der Waals surface area (Å²) in [6.45, 7) is 2.10. The van der Waals surface area contributed by atoms with E-state index in [-0.39, 0.29) is 15.9 Å². The summed E-state index contributed by atoms with van der Waals surface area (Å²) in [6, 6.07) is 6.48. The van der Waals surface area contributed by atoms with Gasteiger partial charge < -0.3 is 5.73 Å². The largest absolute Gasteiger partial charge is 0.389 e. The molecule has 2 unspecified atom stereocenters. The van der Waals surface area contributed by atoms with Crippen molar-refractivity contribution >= 4 is 27.2 Å². The molecule has 20 heavy (non-hydrogen) atoms. The van der Waals surface area contributed by atoms with Crippen LogP contribution in [0.4, 0.5) is 0 Å². The smallest absolute Gasteiger partial charge is 0.240 e. The van der Waals surface area contributed by atoms with Gasteiger partial charge in [-0.25, -0.2) is 13.1 Å². The van der Waals surface area contributed by atoms with Gasteiger partial charge in [-0.15, -0.1) is 0 Å². The fraction of sp³-hybridized carbons (Fsp3) is 0.500. The molecule has 1 aromatic rings. The summed E-state index contributed by atoms with van der Waals surface area (Å²) in [7, 11) is -3.51. The lowest BCUT2D eigenvalue weighted by molar-refractivity contribution is 0.310. The van der Waals surface area contributed by atoms with Crippen molar-refractivity contribution in [3.05, 3.63) is 29.8 Å². The predicted molar refractivity (Wildman–Crippen MR) is 84.1 cm³/mol. The Labute approximate surface area is 125 Å². The van der Waals surface area contributed by atoms with Crippen molar-refractivity contribution in [2.75, 3.05) is 0 Å². The Morgan fingerprint density at radius 2 is 2.05 bits per heavy atom. The molecular weight excluding hydrogens is 292 g/mol. The van der Waals surface area contributed by atoms with E-state index in [2.05, 4.69) is 11.6 Å². The summed E-state index contributed by atoms with van der Waals surface area (Å²) in [6.07, 6.45) is 4.22. The maximum atomic E-state index is 12.4. The van der Waals surface area contributed by atoms with Gasteiger partial charge in [0.2, 0.25) is 10.0 Å². The van der Waals surface area contributed by atoms with Crippen molar-refractivity contribution in [2.45, 2.75) is 43.5 Å². The summed E-state index contributed by atoms with van der Waals surface area (Å²) in [5.74, 6) is 0.372. The van der Waals surface area contributed by atoms with E-state index in [9.17, 15) is 8.42 Å². The molecule has 0 spiro atoms. The number of hydrogen-bond donors (Lipinski definition) is 2. The lowest BCUT2D eigenvalue weighted by atomic mass is 9.87. The summed E-state index contributed by atoms with van der Waals surface area (Å²) >= 11 is 4.89. The zero-order valence-electron chi connectivity index (χ0n) is 11.5. The number of thiocarbonyl (C=S) groups is 1. The molecule has 1 fully saturated rings. The summed E-state index contributed by atoms with van der Waals surface area (Å²) in [5, 5.41) is 0. The van der Waals surface area contributed by atoms with Gasteiger partial charge in [-0.1, -0.05) is 44.1 Å². The first kappa shape index (κ1) is 15.4. The predicted octanol–water partition coefficient (Wildman–Crippen LogP) is 2.18. The van der Waals surface area contributed by atoms with Gasteiger partial charge in [0, 0.05) is 11.6 Å². The minimum absolute atomic E-state index is 0.0160. The van der Waals surface area contributed by atoms with Crippen molar-refractivity contribution in [3.8, 4) is 0 Å². The normalized spacial score (nSPS) is 23.4. The number of nitrogens with two attached hydrogens (primary N) is 1. The first-order valence-electron chi connectivity index (χ1n) is 6.82. The Balaban J connectivity index is 2.21. The van der Waals surface area contributed by atoms with Crippen LogP contribution in [-0.4, -0.2) is 19.4 Å². The maximum absolute atomic E-state index is 12.4. The van der Waals surface area contributed by atoms with Gasteiger partial charge in [0.05, 0.1) is 4.90 Å². The number of sulfonamides is 1. The first-order valence-corrected chi connectivity index (χ1v) is 8.71. The van der Waals surface area contributed by atoms with Gasteiger partial charge in [-0.05, 0) is 30.9 Å². The highest BCUT2D eigenvalue weighted by Gasteiger charge is 2.26. The molecule has 1 aliphatic carbocycles. The molecule has 1 aliphatic rings. The van der Waals surface area contributed by atoms with Gasteiger partial charge in [-0.3, -0.25) is 0 Å². The number of hydrogen-bond acceptors (Lipinski definition) is 3. The molecule has 0 heterocycles. The van der Waals surface area contributed by atoms with Crippen LogP contribution in [0, 0.1) is 5.92 Å². The van der Waals surface area contributed by atoms with E-state index in [1.807, 2.05) is 0 Å². The maximum Gasteiger partial charge on any atom is 0.240 e. The highest BCUT2D eigenvalue weighted by Crippen LogP contribution is 2.25. The van der Waals surface area contributed by atoms with Crippen LogP contribution in [-0.2, 0) is 10.0 Å². The quantitative estimate of drug-likeness (QED) is 0.836. The van der Waals surface area contributed by atoms with E-state index in [4.69, 9.17) is 18.0 Å². The van der Waals surface area contributed by atoms with E-state index < -0.39 is 10.0 Å². The minimum Gasteiger partial charge on any atom is -0.389 e. The second-order valence-corrected chi connectivity index (χ2v) is 7.54. The van der Waals surface area contributed by atoms with Crippen LogP contribution in [0.25, 0.3) is 0 Å². The second-order valence-electron chi connectivity index (χ2n) is 5.38.